The van der Waals surface area contributed by atoms with Crippen molar-refractivity contribution in [2.24, 2.45) is 0 Å². The second-order valence-electron chi connectivity index (χ2n) is 3.90. The van der Waals surface area contributed by atoms with Crippen molar-refractivity contribution in [3.63, 3.8) is 0 Å². The zero-order valence-corrected chi connectivity index (χ0v) is 10.2. The number of rotatable bonds is 3. The maximum atomic E-state index is 11.8. The monoisotopic (exact) mass is 218 g/mol. The van der Waals surface area contributed by atoms with E-state index in [0.29, 0.717) is 5.56 Å². The van der Waals surface area contributed by atoms with Crippen LogP contribution in [0.5, 0.6) is 0 Å². The van der Waals surface area contributed by atoms with Gasteiger partial charge in [0, 0.05) is 5.92 Å². The van der Waals surface area contributed by atoms with Crippen LogP contribution in [0.3, 0.4) is 0 Å². The van der Waals surface area contributed by atoms with E-state index in [-0.39, 0.29) is 11.5 Å². The molecule has 0 aliphatic carbocycles. The highest BCUT2D eigenvalue weighted by molar-refractivity contribution is 5.61. The van der Waals surface area contributed by atoms with Crippen molar-refractivity contribution >= 4 is 12.2 Å². The minimum absolute atomic E-state index is 0.0788. The number of H-pyrrole nitrogens is 1. The van der Waals surface area contributed by atoms with Gasteiger partial charge in [-0.1, -0.05) is 32.1 Å². The first-order valence-electron chi connectivity index (χ1n) is 5.49. The average Bonchev–Trinajstić information content (AvgIpc) is 2.23. The number of hydrogen-bond acceptors (Lipinski definition) is 2. The van der Waals surface area contributed by atoms with E-state index in [1.807, 2.05) is 45.9 Å². The van der Waals surface area contributed by atoms with Crippen LogP contribution in [-0.4, -0.2) is 9.97 Å². The van der Waals surface area contributed by atoms with E-state index in [9.17, 15) is 4.79 Å². The molecule has 86 valence electrons. The quantitative estimate of drug-likeness (QED) is 0.847. The standard InChI is InChI=1S/C13H18N2O/c1-5-7-10-11(8-6-2)14-12(9(3)4)15-13(10)16/h5-9H,1-4H3,(H,14,15,16)/b7-5-,8-6-. The number of aromatic amines is 1. The van der Waals surface area contributed by atoms with E-state index >= 15 is 0 Å². The molecule has 1 heterocycles. The summed E-state index contributed by atoms with van der Waals surface area (Å²) in [5.74, 6) is 0.947. The Morgan fingerprint density at radius 3 is 2.31 bits per heavy atom. The van der Waals surface area contributed by atoms with Crippen LogP contribution in [0.4, 0.5) is 0 Å². The molecule has 0 saturated heterocycles. The number of allylic oxidation sites excluding steroid dienone is 2. The second-order valence-corrected chi connectivity index (χ2v) is 3.90. The topological polar surface area (TPSA) is 45.8 Å². The van der Waals surface area contributed by atoms with Crippen molar-refractivity contribution in [3.05, 3.63) is 39.6 Å². The number of nitrogens with zero attached hydrogens (tertiary/aromatic N) is 1. The highest BCUT2D eigenvalue weighted by Gasteiger charge is 2.08. The molecular weight excluding hydrogens is 200 g/mol. The van der Waals surface area contributed by atoms with Gasteiger partial charge in [0.1, 0.15) is 5.82 Å². The Bertz CT molecular complexity index is 467. The molecule has 0 aliphatic rings. The molecular formula is C13H18N2O. The summed E-state index contributed by atoms with van der Waals surface area (Å²) in [4.78, 5) is 19.1. The first kappa shape index (κ1) is 12.4. The second kappa shape index (κ2) is 5.45. The number of aromatic nitrogens is 2. The maximum Gasteiger partial charge on any atom is 0.258 e. The molecule has 3 heteroatoms. The molecule has 1 rings (SSSR count). The molecule has 16 heavy (non-hydrogen) atoms. The van der Waals surface area contributed by atoms with Crippen LogP contribution in [-0.2, 0) is 0 Å². The van der Waals surface area contributed by atoms with E-state index in [1.165, 1.54) is 0 Å². The van der Waals surface area contributed by atoms with Crippen LogP contribution in [0.1, 0.15) is 50.7 Å². The van der Waals surface area contributed by atoms with Crippen LogP contribution < -0.4 is 5.56 Å². The van der Waals surface area contributed by atoms with E-state index in [1.54, 1.807) is 6.08 Å². The third-order valence-corrected chi connectivity index (χ3v) is 2.21. The van der Waals surface area contributed by atoms with E-state index in [4.69, 9.17) is 0 Å². The first-order chi connectivity index (χ1) is 7.60. The highest BCUT2D eigenvalue weighted by Crippen LogP contribution is 2.11. The summed E-state index contributed by atoms with van der Waals surface area (Å²) in [6.07, 6.45) is 7.37. The molecule has 0 bridgehead atoms. The molecule has 1 aromatic heterocycles. The maximum absolute atomic E-state index is 11.8. The number of hydrogen-bond donors (Lipinski definition) is 1. The van der Waals surface area contributed by atoms with Crippen LogP contribution >= 0.6 is 0 Å². The minimum atomic E-state index is -0.0788. The third-order valence-electron chi connectivity index (χ3n) is 2.21. The molecule has 1 N–H and O–H groups in total. The van der Waals surface area contributed by atoms with Gasteiger partial charge in [-0.25, -0.2) is 4.98 Å². The molecule has 0 amide bonds. The van der Waals surface area contributed by atoms with Gasteiger partial charge in [-0.15, -0.1) is 0 Å². The van der Waals surface area contributed by atoms with Crippen molar-refractivity contribution < 1.29 is 0 Å². The normalized spacial score (nSPS) is 12.1. The molecule has 0 atom stereocenters. The Morgan fingerprint density at radius 2 is 1.81 bits per heavy atom. The van der Waals surface area contributed by atoms with Crippen LogP contribution in [0.25, 0.3) is 12.2 Å². The van der Waals surface area contributed by atoms with E-state index in [2.05, 4.69) is 9.97 Å². The van der Waals surface area contributed by atoms with Gasteiger partial charge in [-0.2, -0.15) is 0 Å². The van der Waals surface area contributed by atoms with Crippen molar-refractivity contribution in [2.45, 2.75) is 33.6 Å². The summed E-state index contributed by atoms with van der Waals surface area (Å²) in [6.45, 7) is 7.81. The van der Waals surface area contributed by atoms with Gasteiger partial charge in [0.2, 0.25) is 0 Å². The lowest BCUT2D eigenvalue weighted by atomic mass is 10.1. The van der Waals surface area contributed by atoms with Gasteiger partial charge in [-0.05, 0) is 19.9 Å². The molecule has 0 saturated carbocycles. The molecule has 0 unspecified atom stereocenters. The fourth-order valence-electron chi connectivity index (χ4n) is 1.40. The Morgan fingerprint density at radius 1 is 1.19 bits per heavy atom. The lowest BCUT2D eigenvalue weighted by Crippen LogP contribution is -2.17. The Labute approximate surface area is 95.9 Å². The van der Waals surface area contributed by atoms with Crippen LogP contribution in [0, 0.1) is 0 Å². The van der Waals surface area contributed by atoms with Crippen molar-refractivity contribution in [1.29, 1.82) is 0 Å². The predicted octanol–water partition coefficient (Wildman–Crippen LogP) is 2.96. The van der Waals surface area contributed by atoms with Gasteiger partial charge in [-0.3, -0.25) is 4.79 Å². The summed E-state index contributed by atoms with van der Waals surface area (Å²) >= 11 is 0. The molecule has 0 aromatic carbocycles. The van der Waals surface area contributed by atoms with E-state index in [0.717, 1.165) is 11.5 Å². The largest absolute Gasteiger partial charge is 0.310 e. The smallest absolute Gasteiger partial charge is 0.258 e. The molecule has 0 aliphatic heterocycles. The molecule has 0 fully saturated rings. The van der Waals surface area contributed by atoms with Gasteiger partial charge < -0.3 is 4.98 Å². The Balaban J connectivity index is 3.45. The zero-order chi connectivity index (χ0) is 12.1. The Hall–Kier alpha value is -1.64. The molecule has 1 aromatic rings. The van der Waals surface area contributed by atoms with Crippen molar-refractivity contribution in [3.8, 4) is 0 Å². The minimum Gasteiger partial charge on any atom is -0.310 e. The average molecular weight is 218 g/mol. The Kier molecular flexibility index (Phi) is 4.23. The van der Waals surface area contributed by atoms with Gasteiger partial charge >= 0.3 is 0 Å². The van der Waals surface area contributed by atoms with Crippen LogP contribution in [0.15, 0.2) is 16.9 Å². The summed E-state index contributed by atoms with van der Waals surface area (Å²) in [5, 5.41) is 0. The lowest BCUT2D eigenvalue weighted by Gasteiger charge is -2.07. The highest BCUT2D eigenvalue weighted by atomic mass is 16.1. The SMILES string of the molecule is C/C=C\c1nc(C(C)C)[nH]c(=O)c1/C=C\C. The summed E-state index contributed by atoms with van der Waals surface area (Å²) < 4.78 is 0. The predicted molar refractivity (Wildman–Crippen MR) is 68.4 cm³/mol. The summed E-state index contributed by atoms with van der Waals surface area (Å²) in [6, 6.07) is 0. The fraction of sp³-hybridized carbons (Fsp3) is 0.385. The number of nitrogens with one attached hydrogen (secondary N) is 1. The van der Waals surface area contributed by atoms with Crippen LogP contribution in [0.2, 0.25) is 0 Å². The van der Waals surface area contributed by atoms with Gasteiger partial charge in [0.15, 0.2) is 0 Å². The summed E-state index contributed by atoms with van der Waals surface area (Å²) in [5.41, 5.74) is 1.27. The van der Waals surface area contributed by atoms with Crippen molar-refractivity contribution in [1.82, 2.24) is 9.97 Å². The molecule has 3 nitrogen and oxygen atoms in total. The van der Waals surface area contributed by atoms with E-state index < -0.39 is 0 Å². The molecule has 0 spiro atoms. The first-order valence-corrected chi connectivity index (χ1v) is 5.49. The zero-order valence-electron chi connectivity index (χ0n) is 10.2. The third kappa shape index (κ3) is 2.69. The fourth-order valence-corrected chi connectivity index (χ4v) is 1.40. The van der Waals surface area contributed by atoms with Gasteiger partial charge in [0.25, 0.3) is 5.56 Å². The summed E-state index contributed by atoms with van der Waals surface area (Å²) in [7, 11) is 0. The van der Waals surface area contributed by atoms with Crippen molar-refractivity contribution in [2.75, 3.05) is 0 Å². The molecule has 0 radical (unpaired) electrons. The lowest BCUT2D eigenvalue weighted by molar-refractivity contribution is 0.763. The van der Waals surface area contributed by atoms with Gasteiger partial charge in [0.05, 0.1) is 11.3 Å².